The van der Waals surface area contributed by atoms with Crippen LogP contribution < -0.4 is 4.90 Å². The quantitative estimate of drug-likeness (QED) is 0.464. The summed E-state index contributed by atoms with van der Waals surface area (Å²) >= 11 is 0. The second-order valence-electron chi connectivity index (χ2n) is 5.82. The molecule has 0 unspecified atom stereocenters. The molecular formula is C13H20N3O2+. The van der Waals surface area contributed by atoms with Crippen molar-refractivity contribution in [2.24, 2.45) is 0 Å². The molecule has 0 bridgehead atoms. The Morgan fingerprint density at radius 2 is 2.11 bits per heavy atom. The maximum atomic E-state index is 10.8. The second kappa shape index (κ2) is 4.57. The number of nitro groups is 1. The number of non-ortho nitro benzene ring substituents is 1. The highest BCUT2D eigenvalue weighted by molar-refractivity contribution is 5.62. The van der Waals surface area contributed by atoms with Crippen LogP contribution in [-0.4, -0.2) is 50.2 Å². The van der Waals surface area contributed by atoms with Gasteiger partial charge in [0.25, 0.3) is 5.69 Å². The van der Waals surface area contributed by atoms with E-state index in [-0.39, 0.29) is 10.6 Å². The highest BCUT2D eigenvalue weighted by Crippen LogP contribution is 2.31. The van der Waals surface area contributed by atoms with Gasteiger partial charge < -0.3 is 9.38 Å². The van der Waals surface area contributed by atoms with Crippen LogP contribution in [0.5, 0.6) is 0 Å². The first-order valence-corrected chi connectivity index (χ1v) is 6.19. The van der Waals surface area contributed by atoms with Crippen LogP contribution in [0.3, 0.4) is 0 Å². The topological polar surface area (TPSA) is 46.4 Å². The minimum atomic E-state index is -0.323. The third-order valence-corrected chi connectivity index (χ3v) is 3.31. The zero-order valence-corrected chi connectivity index (χ0v) is 11.2. The lowest BCUT2D eigenvalue weighted by molar-refractivity contribution is -0.868. The van der Waals surface area contributed by atoms with Gasteiger partial charge in [-0.25, -0.2) is 0 Å². The Labute approximate surface area is 107 Å². The van der Waals surface area contributed by atoms with Gasteiger partial charge in [0.05, 0.1) is 39.2 Å². The number of quaternary nitrogens is 1. The van der Waals surface area contributed by atoms with Gasteiger partial charge in [-0.15, -0.1) is 0 Å². The van der Waals surface area contributed by atoms with Gasteiger partial charge in [0.2, 0.25) is 0 Å². The molecule has 0 aromatic heterocycles. The molecule has 1 aliphatic rings. The molecule has 98 valence electrons. The van der Waals surface area contributed by atoms with Crippen molar-refractivity contribution in [3.05, 3.63) is 33.9 Å². The number of likely N-dealkylation sites (N-methyl/N-ethyl adjacent to an activating group) is 1. The van der Waals surface area contributed by atoms with Crippen molar-refractivity contribution in [2.75, 3.05) is 45.7 Å². The molecule has 0 atom stereocenters. The standard InChI is InChI=1S/C13H20N3O2/c1-16(2,3)9-8-14-7-6-11-4-5-12(15(17)18)10-13(11)14/h4-5,10H,6-9H2,1-3H3/q+1. The number of nitrogens with zero attached hydrogens (tertiary/aromatic N) is 3. The molecular weight excluding hydrogens is 230 g/mol. The zero-order valence-electron chi connectivity index (χ0n) is 11.2. The molecule has 0 fully saturated rings. The van der Waals surface area contributed by atoms with Gasteiger partial charge in [-0.05, 0) is 12.0 Å². The maximum Gasteiger partial charge on any atom is 0.271 e. The summed E-state index contributed by atoms with van der Waals surface area (Å²) in [5, 5.41) is 10.8. The third-order valence-electron chi connectivity index (χ3n) is 3.31. The Bertz CT molecular complexity index is 466. The molecule has 1 aromatic rings. The number of hydrogen-bond donors (Lipinski definition) is 0. The van der Waals surface area contributed by atoms with E-state index in [1.807, 2.05) is 6.07 Å². The van der Waals surface area contributed by atoms with Crippen LogP contribution >= 0.6 is 0 Å². The Kier molecular flexibility index (Phi) is 3.26. The van der Waals surface area contributed by atoms with Crippen LogP contribution in [-0.2, 0) is 6.42 Å². The van der Waals surface area contributed by atoms with Crippen LogP contribution in [0.15, 0.2) is 18.2 Å². The first-order chi connectivity index (χ1) is 8.37. The van der Waals surface area contributed by atoms with Crippen molar-refractivity contribution < 1.29 is 9.41 Å². The van der Waals surface area contributed by atoms with Crippen LogP contribution in [0.2, 0.25) is 0 Å². The van der Waals surface area contributed by atoms with E-state index in [4.69, 9.17) is 0 Å². The van der Waals surface area contributed by atoms with Crippen LogP contribution in [0.4, 0.5) is 11.4 Å². The minimum absolute atomic E-state index is 0.186. The summed E-state index contributed by atoms with van der Waals surface area (Å²) in [6.45, 7) is 2.94. The molecule has 0 aliphatic carbocycles. The van der Waals surface area contributed by atoms with E-state index in [9.17, 15) is 10.1 Å². The summed E-state index contributed by atoms with van der Waals surface area (Å²) in [7, 11) is 6.47. The van der Waals surface area contributed by atoms with Gasteiger partial charge in [-0.1, -0.05) is 6.07 Å². The predicted molar refractivity (Wildman–Crippen MR) is 71.9 cm³/mol. The lowest BCUT2D eigenvalue weighted by Crippen LogP contribution is -2.41. The molecule has 5 nitrogen and oxygen atoms in total. The zero-order chi connectivity index (χ0) is 13.3. The Hall–Kier alpha value is -1.62. The van der Waals surface area contributed by atoms with Crippen molar-refractivity contribution >= 4 is 11.4 Å². The number of rotatable bonds is 4. The molecule has 1 aromatic carbocycles. The normalized spacial score (nSPS) is 14.7. The van der Waals surface area contributed by atoms with E-state index < -0.39 is 0 Å². The van der Waals surface area contributed by atoms with E-state index in [1.165, 1.54) is 5.56 Å². The van der Waals surface area contributed by atoms with Gasteiger partial charge >= 0.3 is 0 Å². The summed E-state index contributed by atoms with van der Waals surface area (Å²) in [4.78, 5) is 12.7. The molecule has 5 heteroatoms. The SMILES string of the molecule is C[N+](C)(C)CCN1CCc2ccc([N+](=O)[O-])cc21. The first-order valence-electron chi connectivity index (χ1n) is 6.19. The van der Waals surface area contributed by atoms with Crippen molar-refractivity contribution in [2.45, 2.75) is 6.42 Å². The van der Waals surface area contributed by atoms with E-state index in [2.05, 4.69) is 26.0 Å². The number of nitro benzene ring substituents is 1. The Balaban J connectivity index is 2.16. The molecule has 0 N–H and O–H groups in total. The fourth-order valence-electron chi connectivity index (χ4n) is 2.20. The highest BCUT2D eigenvalue weighted by Gasteiger charge is 2.23. The summed E-state index contributed by atoms with van der Waals surface area (Å²) < 4.78 is 0.904. The van der Waals surface area contributed by atoms with Crippen LogP contribution in [0.1, 0.15) is 5.56 Å². The number of fused-ring (bicyclic) bond motifs is 1. The average molecular weight is 250 g/mol. The molecule has 0 spiro atoms. The second-order valence-corrected chi connectivity index (χ2v) is 5.82. The molecule has 0 saturated carbocycles. The largest absolute Gasteiger partial charge is 0.365 e. The summed E-state index contributed by atoms with van der Waals surface area (Å²) in [6, 6.07) is 5.19. The van der Waals surface area contributed by atoms with Crippen molar-refractivity contribution in [3.8, 4) is 0 Å². The molecule has 0 radical (unpaired) electrons. The molecule has 0 saturated heterocycles. The third kappa shape index (κ3) is 2.79. The fraction of sp³-hybridized carbons (Fsp3) is 0.538. The Morgan fingerprint density at radius 1 is 1.39 bits per heavy atom. The highest BCUT2D eigenvalue weighted by atomic mass is 16.6. The monoisotopic (exact) mass is 250 g/mol. The number of anilines is 1. The minimum Gasteiger partial charge on any atom is -0.365 e. The summed E-state index contributed by atoms with van der Waals surface area (Å²) in [5.74, 6) is 0. The predicted octanol–water partition coefficient (Wildman–Crippen LogP) is 1.66. The van der Waals surface area contributed by atoms with Crippen molar-refractivity contribution in [1.82, 2.24) is 0 Å². The summed E-state index contributed by atoms with van der Waals surface area (Å²) in [5.41, 5.74) is 2.45. The van der Waals surface area contributed by atoms with Crippen LogP contribution in [0.25, 0.3) is 0 Å². The summed E-state index contributed by atoms with van der Waals surface area (Å²) in [6.07, 6.45) is 0.991. The van der Waals surface area contributed by atoms with E-state index in [1.54, 1.807) is 12.1 Å². The van der Waals surface area contributed by atoms with Gasteiger partial charge in [0.15, 0.2) is 0 Å². The fourth-order valence-corrected chi connectivity index (χ4v) is 2.20. The molecule has 18 heavy (non-hydrogen) atoms. The number of benzene rings is 1. The molecule has 1 heterocycles. The Morgan fingerprint density at radius 3 is 2.72 bits per heavy atom. The molecule has 2 rings (SSSR count). The van der Waals surface area contributed by atoms with Gasteiger partial charge in [-0.2, -0.15) is 0 Å². The lowest BCUT2D eigenvalue weighted by atomic mass is 10.1. The average Bonchev–Trinajstić information content (AvgIpc) is 2.67. The van der Waals surface area contributed by atoms with Gasteiger partial charge in [0, 0.05) is 24.4 Å². The van der Waals surface area contributed by atoms with E-state index >= 15 is 0 Å². The molecule has 1 aliphatic heterocycles. The maximum absolute atomic E-state index is 10.8. The van der Waals surface area contributed by atoms with E-state index in [0.29, 0.717) is 0 Å². The smallest absolute Gasteiger partial charge is 0.271 e. The van der Waals surface area contributed by atoms with E-state index in [0.717, 1.165) is 36.2 Å². The van der Waals surface area contributed by atoms with Gasteiger partial charge in [0.1, 0.15) is 0 Å². The first kappa shape index (κ1) is 12.8. The number of hydrogen-bond acceptors (Lipinski definition) is 3. The van der Waals surface area contributed by atoms with Crippen LogP contribution in [0, 0.1) is 10.1 Å². The van der Waals surface area contributed by atoms with Crippen molar-refractivity contribution in [1.29, 1.82) is 0 Å². The van der Waals surface area contributed by atoms with Gasteiger partial charge in [-0.3, -0.25) is 10.1 Å². The molecule has 0 amide bonds. The van der Waals surface area contributed by atoms with Crippen molar-refractivity contribution in [3.63, 3.8) is 0 Å². The lowest BCUT2D eigenvalue weighted by Gasteiger charge is -2.28.